The van der Waals surface area contributed by atoms with Crippen LogP contribution in [0.2, 0.25) is 5.02 Å². The van der Waals surface area contributed by atoms with Crippen LogP contribution in [-0.4, -0.2) is 59.8 Å². The van der Waals surface area contributed by atoms with Crippen molar-refractivity contribution < 1.29 is 20.1 Å². The first-order chi connectivity index (χ1) is 13.5. The summed E-state index contributed by atoms with van der Waals surface area (Å²) in [5.41, 5.74) is 7.86. The Kier molecular flexibility index (Phi) is 5.17. The molecule has 5 N–H and O–H groups in total. The van der Waals surface area contributed by atoms with E-state index in [0.29, 0.717) is 34.9 Å². The highest BCUT2D eigenvalue weighted by Crippen LogP contribution is 2.32. The van der Waals surface area contributed by atoms with E-state index in [9.17, 15) is 15.3 Å². The number of aryl methyl sites for hydroxylation is 2. The molecule has 0 radical (unpaired) electrons. The highest BCUT2D eigenvalue weighted by atomic mass is 35.5. The SMILES string of the molecule is Nc1nc(CCc2cccc(Cl)c2)nc2c1ncn2[C@@H]1O[C@H](CO)[C@@H](O)[C@H]1O. The average Bonchev–Trinajstić information content (AvgIpc) is 3.22. The summed E-state index contributed by atoms with van der Waals surface area (Å²) in [5.74, 6) is 0.732. The summed E-state index contributed by atoms with van der Waals surface area (Å²) in [6.07, 6.45) is -1.65. The average molecular weight is 406 g/mol. The fraction of sp³-hybridized carbons (Fsp3) is 0.389. The summed E-state index contributed by atoms with van der Waals surface area (Å²) in [6.45, 7) is -0.413. The minimum absolute atomic E-state index is 0.219. The standard InChI is InChI=1S/C18H20ClN5O4/c19-10-3-1-2-9(6-10)4-5-12-22-16(20)13-17(23-12)24(8-21-13)18-15(27)14(26)11(7-25)28-18/h1-3,6,8,11,14-15,18,25-27H,4-5,7H2,(H2,20,22,23)/t11-,14-,15-,18-/m1/s1. The Balaban J connectivity index is 1.63. The molecule has 3 heterocycles. The van der Waals surface area contributed by atoms with Gasteiger partial charge in [-0.2, -0.15) is 0 Å². The van der Waals surface area contributed by atoms with Gasteiger partial charge in [-0.25, -0.2) is 15.0 Å². The number of nitrogens with zero attached hydrogens (tertiary/aromatic N) is 4. The van der Waals surface area contributed by atoms with E-state index in [-0.39, 0.29) is 5.82 Å². The van der Waals surface area contributed by atoms with Crippen molar-refractivity contribution in [2.75, 3.05) is 12.3 Å². The van der Waals surface area contributed by atoms with E-state index >= 15 is 0 Å². The number of benzene rings is 1. The van der Waals surface area contributed by atoms with Gasteiger partial charge in [-0.15, -0.1) is 0 Å². The molecule has 0 spiro atoms. The molecular weight excluding hydrogens is 386 g/mol. The van der Waals surface area contributed by atoms with Gasteiger partial charge in [0.2, 0.25) is 0 Å². The van der Waals surface area contributed by atoms with E-state index < -0.39 is 31.1 Å². The molecule has 1 fully saturated rings. The number of aromatic nitrogens is 4. The van der Waals surface area contributed by atoms with Crippen molar-refractivity contribution in [3.63, 3.8) is 0 Å². The van der Waals surface area contributed by atoms with Crippen molar-refractivity contribution in [3.8, 4) is 0 Å². The monoisotopic (exact) mass is 405 g/mol. The summed E-state index contributed by atoms with van der Waals surface area (Å²) in [4.78, 5) is 13.0. The van der Waals surface area contributed by atoms with E-state index in [2.05, 4.69) is 15.0 Å². The van der Waals surface area contributed by atoms with Crippen LogP contribution in [0.5, 0.6) is 0 Å². The maximum Gasteiger partial charge on any atom is 0.167 e. The summed E-state index contributed by atoms with van der Waals surface area (Å²) < 4.78 is 7.07. The van der Waals surface area contributed by atoms with E-state index in [1.807, 2.05) is 24.3 Å². The lowest BCUT2D eigenvalue weighted by molar-refractivity contribution is -0.0511. The molecule has 28 heavy (non-hydrogen) atoms. The lowest BCUT2D eigenvalue weighted by atomic mass is 10.1. The number of aliphatic hydroxyl groups excluding tert-OH is 3. The molecule has 0 amide bonds. The molecular formula is C18H20ClN5O4. The second-order valence-electron chi connectivity index (χ2n) is 6.71. The topological polar surface area (TPSA) is 140 Å². The van der Waals surface area contributed by atoms with Gasteiger partial charge in [0, 0.05) is 11.4 Å². The molecule has 4 rings (SSSR count). The number of nitrogen functional groups attached to an aromatic ring is 1. The number of hydrogen-bond acceptors (Lipinski definition) is 8. The number of fused-ring (bicyclic) bond motifs is 1. The molecule has 10 heteroatoms. The van der Waals surface area contributed by atoms with Gasteiger partial charge < -0.3 is 25.8 Å². The van der Waals surface area contributed by atoms with Gasteiger partial charge in [0.05, 0.1) is 12.9 Å². The first-order valence-corrected chi connectivity index (χ1v) is 9.21. The number of halogens is 1. The van der Waals surface area contributed by atoms with Gasteiger partial charge in [0.25, 0.3) is 0 Å². The molecule has 0 saturated carbocycles. The van der Waals surface area contributed by atoms with E-state index in [4.69, 9.17) is 22.1 Å². The van der Waals surface area contributed by atoms with Gasteiger partial charge in [0.1, 0.15) is 29.7 Å². The van der Waals surface area contributed by atoms with Gasteiger partial charge in [0.15, 0.2) is 17.7 Å². The van der Waals surface area contributed by atoms with Crippen molar-refractivity contribution in [3.05, 3.63) is 47.0 Å². The largest absolute Gasteiger partial charge is 0.394 e. The van der Waals surface area contributed by atoms with E-state index in [1.165, 1.54) is 10.9 Å². The van der Waals surface area contributed by atoms with Crippen LogP contribution in [-0.2, 0) is 17.6 Å². The Bertz CT molecular complexity index is 997. The zero-order valence-corrected chi connectivity index (χ0v) is 15.6. The molecule has 1 aromatic carbocycles. The Morgan fingerprint density at radius 1 is 1.18 bits per heavy atom. The summed E-state index contributed by atoms with van der Waals surface area (Å²) in [5, 5.41) is 30.2. The first kappa shape index (κ1) is 19.0. The van der Waals surface area contributed by atoms with Crippen molar-refractivity contribution in [2.45, 2.75) is 37.4 Å². The van der Waals surface area contributed by atoms with Crippen LogP contribution in [0.25, 0.3) is 11.2 Å². The van der Waals surface area contributed by atoms with E-state index in [1.54, 1.807) is 0 Å². The van der Waals surface area contributed by atoms with Crippen LogP contribution in [0.1, 0.15) is 17.6 Å². The third-order valence-corrected chi connectivity index (χ3v) is 5.05. The minimum Gasteiger partial charge on any atom is -0.394 e. The van der Waals surface area contributed by atoms with Crippen LogP contribution in [0.15, 0.2) is 30.6 Å². The molecule has 0 unspecified atom stereocenters. The van der Waals surface area contributed by atoms with Crippen LogP contribution < -0.4 is 5.73 Å². The van der Waals surface area contributed by atoms with Gasteiger partial charge in [-0.05, 0) is 24.1 Å². The smallest absolute Gasteiger partial charge is 0.167 e. The maximum atomic E-state index is 10.3. The molecule has 0 bridgehead atoms. The number of aliphatic hydroxyl groups is 3. The number of anilines is 1. The van der Waals surface area contributed by atoms with Crippen LogP contribution >= 0.6 is 11.6 Å². The molecule has 1 aliphatic heterocycles. The van der Waals surface area contributed by atoms with Crippen LogP contribution in [0.3, 0.4) is 0 Å². The Hall–Kier alpha value is -2.30. The number of imidazole rings is 1. The molecule has 2 aromatic heterocycles. The molecule has 9 nitrogen and oxygen atoms in total. The lowest BCUT2D eigenvalue weighted by Crippen LogP contribution is -2.33. The Labute approximate surface area is 165 Å². The maximum absolute atomic E-state index is 10.3. The third-order valence-electron chi connectivity index (χ3n) is 4.81. The van der Waals surface area contributed by atoms with Crippen molar-refractivity contribution in [1.82, 2.24) is 19.5 Å². The van der Waals surface area contributed by atoms with E-state index in [0.717, 1.165) is 5.56 Å². The molecule has 1 saturated heterocycles. The summed E-state index contributed by atoms with van der Waals surface area (Å²) in [7, 11) is 0. The number of nitrogens with two attached hydrogens (primary N) is 1. The van der Waals surface area contributed by atoms with Crippen LogP contribution in [0, 0.1) is 0 Å². The van der Waals surface area contributed by atoms with Crippen molar-refractivity contribution >= 4 is 28.6 Å². The fourth-order valence-electron chi connectivity index (χ4n) is 3.34. The number of ether oxygens (including phenoxy) is 1. The summed E-state index contributed by atoms with van der Waals surface area (Å²) in [6, 6.07) is 7.54. The predicted octanol–water partition coefficient (Wildman–Crippen LogP) is 0.459. The fourth-order valence-corrected chi connectivity index (χ4v) is 3.55. The second-order valence-corrected chi connectivity index (χ2v) is 7.14. The number of hydrogen-bond donors (Lipinski definition) is 4. The molecule has 4 atom stereocenters. The van der Waals surface area contributed by atoms with Gasteiger partial charge >= 0.3 is 0 Å². The molecule has 0 aliphatic carbocycles. The normalized spacial score (nSPS) is 24.9. The number of rotatable bonds is 5. The van der Waals surface area contributed by atoms with Gasteiger partial charge in [-0.1, -0.05) is 23.7 Å². The zero-order chi connectivity index (χ0) is 19.8. The zero-order valence-electron chi connectivity index (χ0n) is 14.8. The van der Waals surface area contributed by atoms with Crippen molar-refractivity contribution in [2.24, 2.45) is 0 Å². The quantitative estimate of drug-likeness (QED) is 0.480. The molecule has 3 aromatic rings. The molecule has 148 valence electrons. The third kappa shape index (κ3) is 3.43. The Morgan fingerprint density at radius 3 is 2.71 bits per heavy atom. The summed E-state index contributed by atoms with van der Waals surface area (Å²) >= 11 is 6.02. The van der Waals surface area contributed by atoms with Crippen molar-refractivity contribution in [1.29, 1.82) is 0 Å². The lowest BCUT2D eigenvalue weighted by Gasteiger charge is -2.16. The van der Waals surface area contributed by atoms with Crippen LogP contribution in [0.4, 0.5) is 5.82 Å². The predicted molar refractivity (Wildman–Crippen MR) is 102 cm³/mol. The Morgan fingerprint density at radius 2 is 2.00 bits per heavy atom. The highest BCUT2D eigenvalue weighted by Gasteiger charge is 2.44. The van der Waals surface area contributed by atoms with Gasteiger partial charge in [-0.3, -0.25) is 4.57 Å². The molecule has 1 aliphatic rings. The minimum atomic E-state index is -1.24. The highest BCUT2D eigenvalue weighted by molar-refractivity contribution is 6.30. The second kappa shape index (κ2) is 7.61. The first-order valence-electron chi connectivity index (χ1n) is 8.83.